The van der Waals surface area contributed by atoms with Crippen molar-refractivity contribution in [1.82, 2.24) is 20.5 Å². The molecule has 1 aliphatic heterocycles. The van der Waals surface area contributed by atoms with Crippen molar-refractivity contribution in [2.45, 2.75) is 19.8 Å². The van der Waals surface area contributed by atoms with E-state index < -0.39 is 0 Å². The first-order valence-electron chi connectivity index (χ1n) is 9.12. The summed E-state index contributed by atoms with van der Waals surface area (Å²) in [4.78, 5) is 9.93. The Morgan fingerprint density at radius 1 is 1.40 bits per heavy atom. The predicted octanol–water partition coefficient (Wildman–Crippen LogP) is 2.36. The average molecular weight is 345 g/mol. The summed E-state index contributed by atoms with van der Waals surface area (Å²) >= 11 is 0. The van der Waals surface area contributed by atoms with Gasteiger partial charge in [0.15, 0.2) is 5.96 Å². The summed E-state index contributed by atoms with van der Waals surface area (Å²) in [5.74, 6) is 1.33. The number of nitrogens with one attached hydrogen (secondary N) is 3. The quantitative estimate of drug-likeness (QED) is 0.556. The van der Waals surface area contributed by atoms with Crippen molar-refractivity contribution in [3.63, 3.8) is 0 Å². The van der Waals surface area contributed by atoms with Gasteiger partial charge in [0.25, 0.3) is 0 Å². The number of likely N-dealkylation sites (tertiary alicyclic amines) is 1. The first-order valence-corrected chi connectivity index (χ1v) is 9.12. The maximum absolute atomic E-state index is 13.2. The minimum atomic E-state index is -0.211. The van der Waals surface area contributed by atoms with Gasteiger partial charge in [-0.25, -0.2) is 4.39 Å². The zero-order valence-corrected chi connectivity index (χ0v) is 15.1. The van der Waals surface area contributed by atoms with Crippen molar-refractivity contribution in [1.29, 1.82) is 0 Å². The highest BCUT2D eigenvalue weighted by Crippen LogP contribution is 2.19. The number of aliphatic imine (C=N–C) groups is 1. The number of nitrogens with zero attached hydrogens (tertiary/aromatic N) is 2. The Balaban J connectivity index is 1.45. The lowest BCUT2D eigenvalue weighted by Crippen LogP contribution is -2.41. The molecule has 2 heterocycles. The van der Waals surface area contributed by atoms with Crippen LogP contribution >= 0.6 is 0 Å². The molecule has 3 rings (SSSR count). The predicted molar refractivity (Wildman–Crippen MR) is 102 cm³/mol. The van der Waals surface area contributed by atoms with E-state index in [2.05, 4.69) is 32.4 Å². The van der Waals surface area contributed by atoms with Crippen molar-refractivity contribution in [3.8, 4) is 0 Å². The van der Waals surface area contributed by atoms with Gasteiger partial charge in [0.2, 0.25) is 0 Å². The molecule has 3 N–H and O–H groups in total. The van der Waals surface area contributed by atoms with Crippen molar-refractivity contribution in [3.05, 3.63) is 35.8 Å². The Bertz CT molecular complexity index is 724. The molecule has 1 atom stereocenters. The SMILES string of the molecule is CCN1CCC(CNC(=NC)NCCc2c[nH]c3cc(F)ccc23)C1. The molecule has 0 saturated carbocycles. The van der Waals surface area contributed by atoms with Gasteiger partial charge >= 0.3 is 0 Å². The van der Waals surface area contributed by atoms with Crippen LogP contribution in [0.5, 0.6) is 0 Å². The van der Waals surface area contributed by atoms with Crippen LogP contribution in [0.3, 0.4) is 0 Å². The van der Waals surface area contributed by atoms with Crippen LogP contribution in [0.4, 0.5) is 4.39 Å². The van der Waals surface area contributed by atoms with E-state index in [0.717, 1.165) is 42.9 Å². The van der Waals surface area contributed by atoms with Gasteiger partial charge in [-0.1, -0.05) is 6.92 Å². The number of H-pyrrole nitrogens is 1. The number of rotatable bonds is 6. The molecule has 0 bridgehead atoms. The minimum absolute atomic E-state index is 0.211. The van der Waals surface area contributed by atoms with Crippen LogP contribution in [0.1, 0.15) is 18.9 Å². The van der Waals surface area contributed by atoms with Crippen LogP contribution in [0.15, 0.2) is 29.4 Å². The monoisotopic (exact) mass is 345 g/mol. The Morgan fingerprint density at radius 3 is 3.04 bits per heavy atom. The summed E-state index contributed by atoms with van der Waals surface area (Å²) < 4.78 is 13.2. The van der Waals surface area contributed by atoms with Crippen LogP contribution in [-0.4, -0.2) is 55.6 Å². The van der Waals surface area contributed by atoms with Crippen LogP contribution in [0.2, 0.25) is 0 Å². The summed E-state index contributed by atoms with van der Waals surface area (Å²) in [6.45, 7) is 7.48. The van der Waals surface area contributed by atoms with E-state index in [1.54, 1.807) is 7.05 Å². The van der Waals surface area contributed by atoms with Crippen LogP contribution in [0, 0.1) is 11.7 Å². The highest BCUT2D eigenvalue weighted by Gasteiger charge is 2.20. The Hall–Kier alpha value is -2.08. The molecule has 6 heteroatoms. The minimum Gasteiger partial charge on any atom is -0.361 e. The molecule has 25 heavy (non-hydrogen) atoms. The number of aromatic amines is 1. The molecular formula is C19H28FN5. The van der Waals surface area contributed by atoms with E-state index in [1.165, 1.54) is 37.2 Å². The van der Waals surface area contributed by atoms with E-state index in [9.17, 15) is 4.39 Å². The molecule has 0 amide bonds. The van der Waals surface area contributed by atoms with Crippen molar-refractivity contribution in [2.24, 2.45) is 10.9 Å². The molecule has 1 aromatic carbocycles. The Kier molecular flexibility index (Phi) is 5.91. The molecule has 5 nitrogen and oxygen atoms in total. The first-order chi connectivity index (χ1) is 12.2. The second kappa shape index (κ2) is 8.34. The molecular weight excluding hydrogens is 317 g/mol. The van der Waals surface area contributed by atoms with E-state index in [0.29, 0.717) is 5.92 Å². The largest absolute Gasteiger partial charge is 0.361 e. The fourth-order valence-corrected chi connectivity index (χ4v) is 3.51. The van der Waals surface area contributed by atoms with Crippen molar-refractivity contribution >= 4 is 16.9 Å². The standard InChI is InChI=1S/C19H28FN5/c1-3-25-9-7-14(13-25)11-24-19(21-2)22-8-6-15-12-23-18-10-16(20)4-5-17(15)18/h4-5,10,12,14,23H,3,6-9,11,13H2,1-2H3,(H2,21,22,24). The second-order valence-electron chi connectivity index (χ2n) is 6.68. The van der Waals surface area contributed by atoms with Crippen molar-refractivity contribution < 1.29 is 4.39 Å². The first kappa shape index (κ1) is 17.7. The molecule has 1 aliphatic rings. The number of aromatic nitrogens is 1. The summed E-state index contributed by atoms with van der Waals surface area (Å²) in [7, 11) is 1.80. The summed E-state index contributed by atoms with van der Waals surface area (Å²) in [5.41, 5.74) is 2.03. The molecule has 1 fully saturated rings. The van der Waals surface area contributed by atoms with E-state index in [1.807, 2.05) is 12.3 Å². The van der Waals surface area contributed by atoms with Gasteiger partial charge in [0.05, 0.1) is 0 Å². The van der Waals surface area contributed by atoms with Gasteiger partial charge in [0.1, 0.15) is 5.82 Å². The molecule has 136 valence electrons. The fourth-order valence-electron chi connectivity index (χ4n) is 3.51. The zero-order chi connectivity index (χ0) is 17.6. The summed E-state index contributed by atoms with van der Waals surface area (Å²) in [5, 5.41) is 7.89. The van der Waals surface area contributed by atoms with E-state index >= 15 is 0 Å². The van der Waals surface area contributed by atoms with Gasteiger partial charge in [-0.05, 0) is 55.6 Å². The van der Waals surface area contributed by atoms with E-state index in [4.69, 9.17) is 0 Å². The number of fused-ring (bicyclic) bond motifs is 1. The molecule has 0 radical (unpaired) electrons. The molecule has 0 spiro atoms. The second-order valence-corrected chi connectivity index (χ2v) is 6.68. The average Bonchev–Trinajstić information content (AvgIpc) is 3.24. The molecule has 2 aromatic rings. The van der Waals surface area contributed by atoms with Crippen LogP contribution in [0.25, 0.3) is 10.9 Å². The lowest BCUT2D eigenvalue weighted by molar-refractivity contribution is 0.342. The van der Waals surface area contributed by atoms with Gasteiger partial charge in [-0.15, -0.1) is 0 Å². The number of halogens is 1. The lowest BCUT2D eigenvalue weighted by Gasteiger charge is -2.16. The maximum Gasteiger partial charge on any atom is 0.190 e. The molecule has 0 aliphatic carbocycles. The molecule has 1 saturated heterocycles. The molecule has 1 aromatic heterocycles. The number of hydrogen-bond donors (Lipinski definition) is 3. The number of hydrogen-bond acceptors (Lipinski definition) is 2. The Labute approximate surface area is 148 Å². The van der Waals surface area contributed by atoms with Crippen molar-refractivity contribution in [2.75, 3.05) is 39.8 Å². The third kappa shape index (κ3) is 4.51. The van der Waals surface area contributed by atoms with Crippen LogP contribution in [-0.2, 0) is 6.42 Å². The van der Waals surface area contributed by atoms with Gasteiger partial charge in [-0.2, -0.15) is 0 Å². The van der Waals surface area contributed by atoms with Crippen LogP contribution < -0.4 is 10.6 Å². The molecule has 1 unspecified atom stereocenters. The zero-order valence-electron chi connectivity index (χ0n) is 15.1. The van der Waals surface area contributed by atoms with Gasteiger partial charge in [0, 0.05) is 43.8 Å². The Morgan fingerprint density at radius 2 is 2.28 bits per heavy atom. The normalized spacial score (nSPS) is 18.8. The third-order valence-electron chi connectivity index (χ3n) is 5.02. The lowest BCUT2D eigenvalue weighted by atomic mass is 10.1. The topological polar surface area (TPSA) is 55.4 Å². The van der Waals surface area contributed by atoms with Gasteiger partial charge in [-0.3, -0.25) is 4.99 Å². The fraction of sp³-hybridized carbons (Fsp3) is 0.526. The highest BCUT2D eigenvalue weighted by atomic mass is 19.1. The smallest absolute Gasteiger partial charge is 0.190 e. The highest BCUT2D eigenvalue weighted by molar-refractivity contribution is 5.83. The number of guanidine groups is 1. The number of benzene rings is 1. The summed E-state index contributed by atoms with van der Waals surface area (Å²) in [6, 6.07) is 4.88. The van der Waals surface area contributed by atoms with Gasteiger partial charge < -0.3 is 20.5 Å². The third-order valence-corrected chi connectivity index (χ3v) is 5.02. The van der Waals surface area contributed by atoms with E-state index in [-0.39, 0.29) is 5.82 Å². The maximum atomic E-state index is 13.2. The summed E-state index contributed by atoms with van der Waals surface area (Å²) in [6.07, 6.45) is 4.07.